The van der Waals surface area contributed by atoms with Crippen LogP contribution in [-0.4, -0.2) is 31.9 Å². The molecule has 0 bridgehead atoms. The van der Waals surface area contributed by atoms with Crippen LogP contribution >= 0.6 is 15.2 Å². The molecule has 34 heavy (non-hydrogen) atoms. The van der Waals surface area contributed by atoms with Crippen LogP contribution < -0.4 is 0 Å². The molecular formula is C26H58O6P2. The maximum Gasteiger partial charge on any atom is 0.325 e. The first-order chi connectivity index (χ1) is 16.1. The van der Waals surface area contributed by atoms with Gasteiger partial charge in [-0.2, -0.15) is 0 Å². The highest BCUT2D eigenvalue weighted by Gasteiger charge is 2.11. The van der Waals surface area contributed by atoms with E-state index in [0.29, 0.717) is 12.8 Å². The second-order valence-corrected chi connectivity index (χ2v) is 13.4. The zero-order chi connectivity index (χ0) is 26.0. The van der Waals surface area contributed by atoms with Crippen LogP contribution in [-0.2, 0) is 9.13 Å². The largest absolute Gasteiger partial charge is 0.325 e. The van der Waals surface area contributed by atoms with Gasteiger partial charge in [0.25, 0.3) is 0 Å². The lowest BCUT2D eigenvalue weighted by Crippen LogP contribution is -1.88. The molecule has 0 radical (unpaired) electrons. The first kappa shape index (κ1) is 36.5. The van der Waals surface area contributed by atoms with E-state index in [9.17, 15) is 9.13 Å². The van der Waals surface area contributed by atoms with Crippen molar-refractivity contribution >= 4 is 15.2 Å². The molecule has 0 aliphatic heterocycles. The maximum absolute atomic E-state index is 10.7. The van der Waals surface area contributed by atoms with Crippen molar-refractivity contribution in [2.75, 3.05) is 12.3 Å². The topological polar surface area (TPSA) is 115 Å². The molecule has 0 unspecified atom stereocenters. The van der Waals surface area contributed by atoms with Crippen molar-refractivity contribution < 1.29 is 28.7 Å². The third-order valence-corrected chi connectivity index (χ3v) is 7.90. The summed E-state index contributed by atoms with van der Waals surface area (Å²) in [5.74, 6) is 0. The zero-order valence-corrected chi connectivity index (χ0v) is 24.3. The molecule has 0 aromatic rings. The second kappa shape index (κ2) is 26.4. The van der Waals surface area contributed by atoms with Crippen molar-refractivity contribution in [3.05, 3.63) is 0 Å². The molecule has 4 N–H and O–H groups in total. The van der Waals surface area contributed by atoms with E-state index in [4.69, 9.17) is 19.6 Å². The van der Waals surface area contributed by atoms with E-state index in [1.54, 1.807) is 0 Å². The van der Waals surface area contributed by atoms with Crippen molar-refractivity contribution in [2.45, 2.75) is 155 Å². The molecule has 8 heteroatoms. The fourth-order valence-electron chi connectivity index (χ4n) is 3.96. The molecule has 0 aliphatic carbocycles. The summed E-state index contributed by atoms with van der Waals surface area (Å²) in [4.78, 5) is 34.6. The first-order valence-electron chi connectivity index (χ1n) is 14.2. The van der Waals surface area contributed by atoms with Gasteiger partial charge in [-0.05, 0) is 12.8 Å². The van der Waals surface area contributed by atoms with E-state index in [1.165, 1.54) is 103 Å². The van der Waals surface area contributed by atoms with E-state index < -0.39 is 15.2 Å². The van der Waals surface area contributed by atoms with E-state index in [0.717, 1.165) is 25.7 Å². The molecule has 0 atom stereocenters. The van der Waals surface area contributed by atoms with Crippen molar-refractivity contribution in [2.24, 2.45) is 0 Å². The Kier molecular flexibility index (Phi) is 28.3. The molecule has 0 fully saturated rings. The molecule has 0 aliphatic rings. The van der Waals surface area contributed by atoms with Gasteiger partial charge in [-0.1, -0.05) is 142 Å². The summed E-state index contributed by atoms with van der Waals surface area (Å²) in [6.07, 6.45) is 27.0. The van der Waals surface area contributed by atoms with Crippen LogP contribution in [0.15, 0.2) is 0 Å². The highest BCUT2D eigenvalue weighted by Crippen LogP contribution is 2.36. The van der Waals surface area contributed by atoms with Gasteiger partial charge in [-0.25, -0.2) is 0 Å². The molecular weight excluding hydrogens is 470 g/mol. The van der Waals surface area contributed by atoms with Gasteiger partial charge in [0, 0.05) is 12.3 Å². The molecule has 0 saturated carbocycles. The minimum Gasteiger partial charge on any atom is -0.324 e. The molecule has 0 heterocycles. The smallest absolute Gasteiger partial charge is 0.324 e. The van der Waals surface area contributed by atoms with Gasteiger partial charge in [-0.15, -0.1) is 0 Å². The average molecular weight is 529 g/mol. The molecule has 208 valence electrons. The summed E-state index contributed by atoms with van der Waals surface area (Å²) in [5.41, 5.74) is 0. The van der Waals surface area contributed by atoms with Gasteiger partial charge in [0.15, 0.2) is 0 Å². The third-order valence-electron chi connectivity index (χ3n) is 6.11. The Labute approximate surface area is 211 Å². The van der Waals surface area contributed by atoms with Crippen LogP contribution in [0.2, 0.25) is 0 Å². The van der Waals surface area contributed by atoms with Gasteiger partial charge in [0.1, 0.15) is 0 Å². The number of hydrogen-bond donors (Lipinski definition) is 4. The molecule has 0 aromatic heterocycles. The van der Waals surface area contributed by atoms with Crippen LogP contribution in [0, 0.1) is 0 Å². The van der Waals surface area contributed by atoms with E-state index in [1.807, 2.05) is 0 Å². The van der Waals surface area contributed by atoms with Crippen molar-refractivity contribution in [3.63, 3.8) is 0 Å². The van der Waals surface area contributed by atoms with E-state index in [2.05, 4.69) is 13.8 Å². The van der Waals surface area contributed by atoms with E-state index >= 15 is 0 Å². The predicted octanol–water partition coefficient (Wildman–Crippen LogP) is 8.95. The summed E-state index contributed by atoms with van der Waals surface area (Å²) in [6, 6.07) is 0. The Morgan fingerprint density at radius 2 is 0.529 bits per heavy atom. The van der Waals surface area contributed by atoms with E-state index in [-0.39, 0.29) is 12.3 Å². The average Bonchev–Trinajstić information content (AvgIpc) is 2.75. The Hall–Kier alpha value is 0.300. The lowest BCUT2D eigenvalue weighted by molar-refractivity contribution is 0.368. The van der Waals surface area contributed by atoms with Gasteiger partial charge in [0.05, 0.1) is 0 Å². The molecule has 0 saturated heterocycles. The number of rotatable bonds is 24. The maximum atomic E-state index is 10.7. The minimum absolute atomic E-state index is 0.0547. The standard InChI is InChI=1S/C18H39O3P.C8H19O3P/c1-2-3-4-5-6-7-8-9-10-11-12-13-14-15-16-17-18-22(19,20)21;1-2-3-4-5-6-7-8-12(9,10)11/h2-18H2,1H3,(H2,19,20,21);2-8H2,1H3,(H2,9,10,11). The Balaban J connectivity index is 0. The van der Waals surface area contributed by atoms with Gasteiger partial charge >= 0.3 is 15.2 Å². The molecule has 6 nitrogen and oxygen atoms in total. The van der Waals surface area contributed by atoms with Crippen LogP contribution in [0.4, 0.5) is 0 Å². The SMILES string of the molecule is CCCCCCCCCCCCCCCCCCP(=O)(O)O.CCCCCCCCP(=O)(O)O. The molecule has 0 aromatic carbocycles. The summed E-state index contributed by atoms with van der Waals surface area (Å²) in [6.45, 7) is 4.41. The van der Waals surface area contributed by atoms with Gasteiger partial charge in [-0.3, -0.25) is 9.13 Å². The summed E-state index contributed by atoms with van der Waals surface area (Å²) in [5, 5.41) is 0. The Morgan fingerprint density at radius 1 is 0.353 bits per heavy atom. The fraction of sp³-hybridized carbons (Fsp3) is 1.00. The minimum atomic E-state index is -3.75. The van der Waals surface area contributed by atoms with Gasteiger partial charge < -0.3 is 19.6 Å². The summed E-state index contributed by atoms with van der Waals surface area (Å²) < 4.78 is 21.1. The third kappa shape index (κ3) is 39.5. The summed E-state index contributed by atoms with van der Waals surface area (Å²) in [7, 11) is -7.48. The number of hydrogen-bond acceptors (Lipinski definition) is 2. The molecule has 0 spiro atoms. The second-order valence-electron chi connectivity index (χ2n) is 9.85. The Morgan fingerprint density at radius 3 is 0.706 bits per heavy atom. The van der Waals surface area contributed by atoms with Crippen LogP contribution in [0.5, 0.6) is 0 Å². The fourth-order valence-corrected chi connectivity index (χ4v) is 5.24. The lowest BCUT2D eigenvalue weighted by atomic mass is 10.0. The number of unbranched alkanes of at least 4 members (excludes halogenated alkanes) is 20. The first-order valence-corrected chi connectivity index (χ1v) is 17.8. The highest BCUT2D eigenvalue weighted by molar-refractivity contribution is 7.52. The molecule has 0 rings (SSSR count). The normalized spacial score (nSPS) is 11.9. The van der Waals surface area contributed by atoms with Crippen molar-refractivity contribution in [3.8, 4) is 0 Å². The zero-order valence-electron chi connectivity index (χ0n) is 22.5. The van der Waals surface area contributed by atoms with Crippen molar-refractivity contribution in [1.82, 2.24) is 0 Å². The summed E-state index contributed by atoms with van der Waals surface area (Å²) >= 11 is 0. The van der Waals surface area contributed by atoms with Crippen LogP contribution in [0.25, 0.3) is 0 Å². The van der Waals surface area contributed by atoms with Gasteiger partial charge in [0.2, 0.25) is 0 Å². The van der Waals surface area contributed by atoms with Crippen LogP contribution in [0.1, 0.15) is 155 Å². The Bertz CT molecular complexity index is 490. The quantitative estimate of drug-likeness (QED) is 0.0734. The monoisotopic (exact) mass is 528 g/mol. The highest BCUT2D eigenvalue weighted by atomic mass is 31.2. The lowest BCUT2D eigenvalue weighted by Gasteiger charge is -2.04. The van der Waals surface area contributed by atoms with Crippen LogP contribution in [0.3, 0.4) is 0 Å². The van der Waals surface area contributed by atoms with Crippen molar-refractivity contribution in [1.29, 1.82) is 0 Å². The molecule has 0 amide bonds. The predicted molar refractivity (Wildman–Crippen MR) is 147 cm³/mol.